The van der Waals surface area contributed by atoms with Crippen LogP contribution in [0.4, 0.5) is 10.1 Å². The van der Waals surface area contributed by atoms with E-state index in [-0.39, 0.29) is 11.9 Å². The highest BCUT2D eigenvalue weighted by atomic mass is 35.5. The second kappa shape index (κ2) is 6.62. The predicted molar refractivity (Wildman–Crippen MR) is 80.9 cm³/mol. The van der Waals surface area contributed by atoms with Crippen LogP contribution in [0.25, 0.3) is 0 Å². The molecule has 0 heterocycles. The van der Waals surface area contributed by atoms with Gasteiger partial charge in [0.15, 0.2) is 0 Å². The Hall–Kier alpha value is -1.74. The SMILES string of the molecule is CC(C)Oc1ccccc1NCc1ccc(Cl)cc1F. The minimum atomic E-state index is -0.313. The van der Waals surface area contributed by atoms with Crippen molar-refractivity contribution in [2.24, 2.45) is 0 Å². The fourth-order valence-electron chi connectivity index (χ4n) is 1.82. The first kappa shape index (κ1) is 14.7. The topological polar surface area (TPSA) is 21.3 Å². The number of hydrogen-bond donors (Lipinski definition) is 1. The number of hydrogen-bond acceptors (Lipinski definition) is 2. The van der Waals surface area contributed by atoms with Gasteiger partial charge in [0, 0.05) is 17.1 Å². The first-order chi connectivity index (χ1) is 9.56. The molecule has 0 aliphatic heterocycles. The fourth-order valence-corrected chi connectivity index (χ4v) is 1.98. The average molecular weight is 294 g/mol. The lowest BCUT2D eigenvalue weighted by Gasteiger charge is -2.15. The van der Waals surface area contributed by atoms with Gasteiger partial charge in [0.25, 0.3) is 0 Å². The second-order valence-electron chi connectivity index (χ2n) is 4.75. The Morgan fingerprint density at radius 1 is 1.20 bits per heavy atom. The Morgan fingerprint density at radius 2 is 1.95 bits per heavy atom. The molecule has 0 saturated carbocycles. The second-order valence-corrected chi connectivity index (χ2v) is 5.19. The van der Waals surface area contributed by atoms with E-state index in [4.69, 9.17) is 16.3 Å². The van der Waals surface area contributed by atoms with Gasteiger partial charge in [-0.15, -0.1) is 0 Å². The van der Waals surface area contributed by atoms with Crippen LogP contribution in [0.1, 0.15) is 19.4 Å². The number of rotatable bonds is 5. The van der Waals surface area contributed by atoms with Gasteiger partial charge in [-0.25, -0.2) is 4.39 Å². The summed E-state index contributed by atoms with van der Waals surface area (Å²) >= 11 is 5.74. The van der Waals surface area contributed by atoms with Gasteiger partial charge < -0.3 is 10.1 Å². The lowest BCUT2D eigenvalue weighted by Crippen LogP contribution is -2.09. The molecular formula is C16H17ClFNO. The number of nitrogens with one attached hydrogen (secondary N) is 1. The van der Waals surface area contributed by atoms with E-state index in [1.807, 2.05) is 38.1 Å². The van der Waals surface area contributed by atoms with E-state index in [2.05, 4.69) is 5.32 Å². The number of halogens is 2. The van der Waals surface area contributed by atoms with E-state index in [0.29, 0.717) is 17.1 Å². The summed E-state index contributed by atoms with van der Waals surface area (Å²) in [4.78, 5) is 0. The minimum Gasteiger partial charge on any atom is -0.489 e. The molecular weight excluding hydrogens is 277 g/mol. The molecule has 1 N–H and O–H groups in total. The lowest BCUT2D eigenvalue weighted by molar-refractivity contribution is 0.243. The molecule has 0 atom stereocenters. The summed E-state index contributed by atoms with van der Waals surface area (Å²) in [7, 11) is 0. The summed E-state index contributed by atoms with van der Waals surface area (Å²) in [6, 6.07) is 12.3. The molecule has 2 aromatic carbocycles. The molecule has 0 aliphatic rings. The van der Waals surface area contributed by atoms with Crippen molar-refractivity contribution >= 4 is 17.3 Å². The standard InChI is InChI=1S/C16H17ClFNO/c1-11(2)20-16-6-4-3-5-15(16)19-10-12-7-8-13(17)9-14(12)18/h3-9,11,19H,10H2,1-2H3. The maximum atomic E-state index is 13.7. The van der Waals surface area contributed by atoms with Crippen LogP contribution in [0.3, 0.4) is 0 Å². The Morgan fingerprint density at radius 3 is 2.65 bits per heavy atom. The third-order valence-corrected chi connectivity index (χ3v) is 2.97. The highest BCUT2D eigenvalue weighted by Crippen LogP contribution is 2.26. The molecule has 0 unspecified atom stereocenters. The average Bonchev–Trinajstić information content (AvgIpc) is 2.39. The van der Waals surface area contributed by atoms with E-state index in [1.54, 1.807) is 12.1 Å². The predicted octanol–water partition coefficient (Wildman–Crippen LogP) is 4.88. The first-order valence-electron chi connectivity index (χ1n) is 6.49. The van der Waals surface area contributed by atoms with Crippen molar-refractivity contribution in [2.75, 3.05) is 5.32 Å². The van der Waals surface area contributed by atoms with E-state index in [1.165, 1.54) is 6.07 Å². The van der Waals surface area contributed by atoms with Gasteiger partial charge in [0.2, 0.25) is 0 Å². The minimum absolute atomic E-state index is 0.0882. The quantitative estimate of drug-likeness (QED) is 0.848. The maximum absolute atomic E-state index is 13.7. The van der Waals surface area contributed by atoms with Gasteiger partial charge >= 0.3 is 0 Å². The largest absolute Gasteiger partial charge is 0.489 e. The van der Waals surface area contributed by atoms with E-state index in [0.717, 1.165) is 11.4 Å². The zero-order chi connectivity index (χ0) is 14.5. The Kier molecular flexibility index (Phi) is 4.85. The van der Waals surface area contributed by atoms with Crippen molar-refractivity contribution in [1.29, 1.82) is 0 Å². The smallest absolute Gasteiger partial charge is 0.142 e. The number of benzene rings is 2. The number of ether oxygens (including phenoxy) is 1. The maximum Gasteiger partial charge on any atom is 0.142 e. The van der Waals surface area contributed by atoms with Gasteiger partial charge in [-0.05, 0) is 38.1 Å². The van der Waals surface area contributed by atoms with Crippen LogP contribution < -0.4 is 10.1 Å². The molecule has 2 rings (SSSR count). The molecule has 0 radical (unpaired) electrons. The molecule has 20 heavy (non-hydrogen) atoms. The molecule has 0 aromatic heterocycles. The highest BCUT2D eigenvalue weighted by molar-refractivity contribution is 6.30. The first-order valence-corrected chi connectivity index (χ1v) is 6.87. The molecule has 0 saturated heterocycles. The Balaban J connectivity index is 2.10. The normalized spacial score (nSPS) is 10.7. The van der Waals surface area contributed by atoms with Crippen molar-refractivity contribution in [3.8, 4) is 5.75 Å². The van der Waals surface area contributed by atoms with Crippen LogP contribution >= 0.6 is 11.6 Å². The van der Waals surface area contributed by atoms with E-state index >= 15 is 0 Å². The van der Waals surface area contributed by atoms with E-state index < -0.39 is 0 Å². The van der Waals surface area contributed by atoms with Crippen LogP contribution in [-0.4, -0.2) is 6.10 Å². The molecule has 4 heteroatoms. The summed E-state index contributed by atoms with van der Waals surface area (Å²) in [6.45, 7) is 4.31. The number of para-hydroxylation sites is 2. The molecule has 0 amide bonds. The summed E-state index contributed by atoms with van der Waals surface area (Å²) < 4.78 is 19.4. The molecule has 0 fully saturated rings. The van der Waals surface area contributed by atoms with Crippen molar-refractivity contribution < 1.29 is 9.13 Å². The summed E-state index contributed by atoms with van der Waals surface area (Å²) in [6.07, 6.45) is 0.0882. The summed E-state index contributed by atoms with van der Waals surface area (Å²) in [5, 5.41) is 3.59. The van der Waals surface area contributed by atoms with Crippen molar-refractivity contribution in [3.63, 3.8) is 0 Å². The molecule has 0 aliphatic carbocycles. The monoisotopic (exact) mass is 293 g/mol. The van der Waals surface area contributed by atoms with Crippen molar-refractivity contribution in [1.82, 2.24) is 0 Å². The number of anilines is 1. The fraction of sp³-hybridized carbons (Fsp3) is 0.250. The van der Waals surface area contributed by atoms with Gasteiger partial charge in [0.1, 0.15) is 11.6 Å². The highest BCUT2D eigenvalue weighted by Gasteiger charge is 2.07. The van der Waals surface area contributed by atoms with Crippen LogP contribution in [0, 0.1) is 5.82 Å². The van der Waals surface area contributed by atoms with Gasteiger partial charge in [-0.3, -0.25) is 0 Å². The van der Waals surface area contributed by atoms with Gasteiger partial charge in [0.05, 0.1) is 11.8 Å². The van der Waals surface area contributed by atoms with Crippen LogP contribution in [0.5, 0.6) is 5.75 Å². The third-order valence-electron chi connectivity index (χ3n) is 2.73. The van der Waals surface area contributed by atoms with E-state index in [9.17, 15) is 4.39 Å². The third kappa shape index (κ3) is 3.87. The summed E-state index contributed by atoms with van der Waals surface area (Å²) in [5.41, 5.74) is 1.41. The van der Waals surface area contributed by atoms with Gasteiger partial charge in [-0.2, -0.15) is 0 Å². The van der Waals surface area contributed by atoms with Crippen molar-refractivity contribution in [2.45, 2.75) is 26.5 Å². The van der Waals surface area contributed by atoms with Crippen LogP contribution in [-0.2, 0) is 6.54 Å². The zero-order valence-electron chi connectivity index (χ0n) is 11.5. The Labute approximate surface area is 123 Å². The van der Waals surface area contributed by atoms with Crippen molar-refractivity contribution in [3.05, 3.63) is 58.9 Å². The molecule has 0 bridgehead atoms. The lowest BCUT2D eigenvalue weighted by atomic mass is 10.2. The van der Waals surface area contributed by atoms with Crippen LogP contribution in [0.2, 0.25) is 5.02 Å². The Bertz CT molecular complexity index is 586. The summed E-state index contributed by atoms with van der Waals surface area (Å²) in [5.74, 6) is 0.448. The molecule has 2 aromatic rings. The molecule has 0 spiro atoms. The van der Waals surface area contributed by atoms with Crippen LogP contribution in [0.15, 0.2) is 42.5 Å². The molecule has 2 nitrogen and oxygen atoms in total. The zero-order valence-corrected chi connectivity index (χ0v) is 12.2. The van der Waals surface area contributed by atoms with Gasteiger partial charge in [-0.1, -0.05) is 29.8 Å². The molecule has 106 valence electrons.